The van der Waals surface area contributed by atoms with Crippen LogP contribution < -0.4 is 16.0 Å². The number of aliphatic imine (C=N–C) groups is 1. The lowest BCUT2D eigenvalue weighted by Gasteiger charge is -2.12. The number of guanidine groups is 1. The highest BCUT2D eigenvalue weighted by Crippen LogP contribution is 2.28. The molecule has 1 aliphatic carbocycles. The highest BCUT2D eigenvalue weighted by Gasteiger charge is 2.28. The zero-order valence-electron chi connectivity index (χ0n) is 15.9. The number of unbranched alkanes of at least 4 members (excludes halogenated alkanes) is 4. The van der Waals surface area contributed by atoms with Crippen molar-refractivity contribution in [2.24, 2.45) is 10.9 Å². The Bertz CT molecular complexity index is 366. The summed E-state index contributed by atoms with van der Waals surface area (Å²) >= 11 is 0. The minimum Gasteiger partial charge on any atom is -0.357 e. The summed E-state index contributed by atoms with van der Waals surface area (Å²) < 4.78 is 0. The lowest BCUT2D eigenvalue weighted by molar-refractivity contribution is -0.122. The van der Waals surface area contributed by atoms with Crippen molar-refractivity contribution >= 4 is 11.9 Å². The van der Waals surface area contributed by atoms with E-state index in [-0.39, 0.29) is 11.8 Å². The van der Waals surface area contributed by atoms with Crippen LogP contribution >= 0.6 is 0 Å². The van der Waals surface area contributed by atoms with Gasteiger partial charge in [0.25, 0.3) is 0 Å². The van der Waals surface area contributed by atoms with E-state index in [1.54, 1.807) is 0 Å². The fraction of sp³-hybridized carbons (Fsp3) is 0.889. The molecule has 140 valence electrons. The summed E-state index contributed by atoms with van der Waals surface area (Å²) in [6.45, 7) is 6.34. The van der Waals surface area contributed by atoms with E-state index in [1.807, 2.05) is 0 Å². The van der Waals surface area contributed by atoms with Crippen molar-refractivity contribution in [1.82, 2.24) is 20.9 Å². The van der Waals surface area contributed by atoms with E-state index in [1.165, 1.54) is 32.2 Å². The van der Waals surface area contributed by atoms with Crippen LogP contribution in [-0.2, 0) is 4.79 Å². The predicted molar refractivity (Wildman–Crippen MR) is 101 cm³/mol. The molecule has 0 atom stereocenters. The first-order chi connectivity index (χ1) is 11.6. The average Bonchev–Trinajstić information content (AvgIpc) is 3.38. The molecule has 0 aromatic carbocycles. The van der Waals surface area contributed by atoms with Gasteiger partial charge in [-0.3, -0.25) is 9.79 Å². The Labute approximate surface area is 147 Å². The van der Waals surface area contributed by atoms with Crippen molar-refractivity contribution in [3.8, 4) is 0 Å². The molecule has 1 amide bonds. The summed E-state index contributed by atoms with van der Waals surface area (Å²) in [5.74, 6) is 1.34. The zero-order chi connectivity index (χ0) is 17.6. The van der Waals surface area contributed by atoms with Crippen LogP contribution in [0.15, 0.2) is 4.99 Å². The number of nitrogens with zero attached hydrogens (tertiary/aromatic N) is 2. The Morgan fingerprint density at radius 3 is 2.33 bits per heavy atom. The number of rotatable bonds is 13. The molecule has 0 spiro atoms. The van der Waals surface area contributed by atoms with Crippen LogP contribution in [0.2, 0.25) is 0 Å². The quantitative estimate of drug-likeness (QED) is 0.271. The maximum absolute atomic E-state index is 11.5. The summed E-state index contributed by atoms with van der Waals surface area (Å²) in [6, 6.07) is 0. The maximum atomic E-state index is 11.5. The first kappa shape index (κ1) is 20.7. The highest BCUT2D eigenvalue weighted by molar-refractivity contribution is 5.81. The molecule has 1 rings (SSSR count). The van der Waals surface area contributed by atoms with E-state index in [0.29, 0.717) is 6.54 Å². The maximum Gasteiger partial charge on any atom is 0.223 e. The van der Waals surface area contributed by atoms with Gasteiger partial charge in [0.05, 0.1) is 0 Å². The SMILES string of the molecule is CCNC(=NCCCCCCCN(C)C)NCCNC(=O)C1CC1. The molecular formula is C18H37N5O. The van der Waals surface area contributed by atoms with Gasteiger partial charge in [0.2, 0.25) is 5.91 Å². The van der Waals surface area contributed by atoms with Crippen molar-refractivity contribution in [3.63, 3.8) is 0 Å². The van der Waals surface area contributed by atoms with Crippen molar-refractivity contribution in [2.75, 3.05) is 46.8 Å². The van der Waals surface area contributed by atoms with Crippen molar-refractivity contribution in [2.45, 2.75) is 51.9 Å². The standard InChI is InChI=1S/C18H37N5O/c1-4-19-18(22-14-13-20-17(24)16-10-11-16)21-12-8-6-5-7-9-15-23(2)3/h16H,4-15H2,1-3H3,(H,20,24)(H2,19,21,22). The molecule has 0 heterocycles. The minimum absolute atomic E-state index is 0.202. The fourth-order valence-electron chi connectivity index (χ4n) is 2.46. The third-order valence-corrected chi connectivity index (χ3v) is 4.04. The van der Waals surface area contributed by atoms with E-state index in [0.717, 1.165) is 44.9 Å². The van der Waals surface area contributed by atoms with E-state index in [9.17, 15) is 4.79 Å². The van der Waals surface area contributed by atoms with Crippen LogP contribution in [0, 0.1) is 5.92 Å². The number of amides is 1. The average molecular weight is 340 g/mol. The monoisotopic (exact) mass is 339 g/mol. The topological polar surface area (TPSA) is 68.8 Å². The van der Waals surface area contributed by atoms with Gasteiger partial charge in [-0.15, -0.1) is 0 Å². The summed E-state index contributed by atoms with van der Waals surface area (Å²) in [6.07, 6.45) is 8.37. The molecule has 1 saturated carbocycles. The fourth-order valence-corrected chi connectivity index (χ4v) is 2.46. The molecule has 0 saturated heterocycles. The summed E-state index contributed by atoms with van der Waals surface area (Å²) in [5.41, 5.74) is 0. The molecule has 0 unspecified atom stereocenters. The molecule has 0 aromatic heterocycles. The molecule has 6 heteroatoms. The Kier molecular flexibility index (Phi) is 11.3. The van der Waals surface area contributed by atoms with Crippen molar-refractivity contribution in [1.29, 1.82) is 0 Å². The summed E-state index contributed by atoms with van der Waals surface area (Å²) in [4.78, 5) is 18.4. The predicted octanol–water partition coefficient (Wildman–Crippen LogP) is 1.58. The molecule has 0 aromatic rings. The molecule has 24 heavy (non-hydrogen) atoms. The summed E-state index contributed by atoms with van der Waals surface area (Å²) in [7, 11) is 4.25. The lowest BCUT2D eigenvalue weighted by Crippen LogP contribution is -2.41. The number of nitrogens with one attached hydrogen (secondary N) is 3. The van der Waals surface area contributed by atoms with E-state index < -0.39 is 0 Å². The van der Waals surface area contributed by atoms with E-state index >= 15 is 0 Å². The molecule has 3 N–H and O–H groups in total. The number of hydrogen-bond donors (Lipinski definition) is 3. The number of hydrogen-bond acceptors (Lipinski definition) is 3. The van der Waals surface area contributed by atoms with Crippen LogP contribution in [0.1, 0.15) is 51.9 Å². The third-order valence-electron chi connectivity index (χ3n) is 4.04. The van der Waals surface area contributed by atoms with Gasteiger partial charge in [0.15, 0.2) is 5.96 Å². The zero-order valence-corrected chi connectivity index (χ0v) is 15.9. The van der Waals surface area contributed by atoms with Gasteiger partial charge in [-0.05, 0) is 53.2 Å². The highest BCUT2D eigenvalue weighted by atomic mass is 16.2. The lowest BCUT2D eigenvalue weighted by atomic mass is 10.1. The van der Waals surface area contributed by atoms with Crippen LogP contribution in [0.4, 0.5) is 0 Å². The van der Waals surface area contributed by atoms with Gasteiger partial charge < -0.3 is 20.9 Å². The first-order valence-electron chi connectivity index (χ1n) is 9.58. The second-order valence-corrected chi connectivity index (χ2v) is 6.82. The first-order valence-corrected chi connectivity index (χ1v) is 9.58. The smallest absolute Gasteiger partial charge is 0.223 e. The number of carbonyl (C=O) groups excluding carboxylic acids is 1. The minimum atomic E-state index is 0.202. The van der Waals surface area contributed by atoms with Gasteiger partial charge in [-0.25, -0.2) is 0 Å². The second kappa shape index (κ2) is 13.0. The van der Waals surface area contributed by atoms with E-state index in [4.69, 9.17) is 0 Å². The molecule has 1 aliphatic rings. The summed E-state index contributed by atoms with van der Waals surface area (Å²) in [5, 5.41) is 9.49. The van der Waals surface area contributed by atoms with Crippen LogP contribution in [-0.4, -0.2) is 63.6 Å². The third kappa shape index (κ3) is 11.3. The van der Waals surface area contributed by atoms with Gasteiger partial charge in [0, 0.05) is 32.1 Å². The Hall–Kier alpha value is -1.30. The molecule has 1 fully saturated rings. The largest absolute Gasteiger partial charge is 0.357 e. The Balaban J connectivity index is 2.02. The molecular weight excluding hydrogens is 302 g/mol. The van der Waals surface area contributed by atoms with Gasteiger partial charge in [0.1, 0.15) is 0 Å². The van der Waals surface area contributed by atoms with Crippen molar-refractivity contribution < 1.29 is 4.79 Å². The molecule has 0 aliphatic heterocycles. The molecule has 0 bridgehead atoms. The van der Waals surface area contributed by atoms with Gasteiger partial charge in [-0.2, -0.15) is 0 Å². The van der Waals surface area contributed by atoms with Crippen molar-refractivity contribution in [3.05, 3.63) is 0 Å². The molecule has 0 radical (unpaired) electrons. The van der Waals surface area contributed by atoms with Gasteiger partial charge >= 0.3 is 0 Å². The number of carbonyl (C=O) groups is 1. The van der Waals surface area contributed by atoms with Crippen LogP contribution in [0.5, 0.6) is 0 Å². The van der Waals surface area contributed by atoms with Crippen LogP contribution in [0.3, 0.4) is 0 Å². The normalized spacial score (nSPS) is 14.8. The van der Waals surface area contributed by atoms with Gasteiger partial charge in [-0.1, -0.05) is 19.3 Å². The van der Waals surface area contributed by atoms with E-state index in [2.05, 4.69) is 46.9 Å². The Morgan fingerprint density at radius 1 is 1.00 bits per heavy atom. The Morgan fingerprint density at radius 2 is 1.67 bits per heavy atom. The van der Waals surface area contributed by atoms with Crippen LogP contribution in [0.25, 0.3) is 0 Å². The molecule has 6 nitrogen and oxygen atoms in total. The second-order valence-electron chi connectivity index (χ2n) is 6.82.